The zero-order valence-corrected chi connectivity index (χ0v) is 9.47. The molecule has 0 N–H and O–H groups in total. The lowest BCUT2D eigenvalue weighted by molar-refractivity contribution is 0.103. The molecule has 0 bridgehead atoms. The fraction of sp³-hybridized carbons (Fsp3) is 0.231. The second kappa shape index (κ2) is 4.31. The fourth-order valence-corrected chi connectivity index (χ4v) is 1.72. The average Bonchev–Trinajstić information content (AvgIpc) is 2.75. The highest BCUT2D eigenvalue weighted by Gasteiger charge is 2.14. The van der Waals surface area contributed by atoms with Gasteiger partial charge in [0.05, 0.1) is 0 Å². The Balaban J connectivity index is 2.41. The number of nitrogens with zero attached hydrogens (tertiary/aromatic N) is 2. The number of aryl methyl sites for hydroxylation is 2. The van der Waals surface area contributed by atoms with Crippen LogP contribution in [0.2, 0.25) is 0 Å². The van der Waals surface area contributed by atoms with Gasteiger partial charge in [-0.1, -0.05) is 31.2 Å². The highest BCUT2D eigenvalue weighted by molar-refractivity contribution is 6.08. The van der Waals surface area contributed by atoms with E-state index in [0.29, 0.717) is 5.69 Å². The van der Waals surface area contributed by atoms with Crippen LogP contribution in [0.15, 0.2) is 36.5 Å². The van der Waals surface area contributed by atoms with Crippen LogP contribution in [0.4, 0.5) is 0 Å². The number of aromatic nitrogens is 2. The summed E-state index contributed by atoms with van der Waals surface area (Å²) in [5.41, 5.74) is 2.32. The molecule has 0 amide bonds. The summed E-state index contributed by atoms with van der Waals surface area (Å²) < 4.78 is 1.64. The summed E-state index contributed by atoms with van der Waals surface area (Å²) in [6, 6.07) is 9.42. The maximum absolute atomic E-state index is 12.2. The minimum Gasteiger partial charge on any atom is -0.287 e. The number of hydrogen-bond acceptors (Lipinski definition) is 2. The molecule has 0 spiro atoms. The summed E-state index contributed by atoms with van der Waals surface area (Å²) in [6.07, 6.45) is 2.64. The molecule has 0 atom stereocenters. The first-order valence-electron chi connectivity index (χ1n) is 5.34. The molecule has 0 radical (unpaired) electrons. The van der Waals surface area contributed by atoms with Crippen molar-refractivity contribution in [1.29, 1.82) is 0 Å². The van der Waals surface area contributed by atoms with Crippen molar-refractivity contribution in [2.75, 3.05) is 0 Å². The standard InChI is InChI=1S/C13H14N2O/c1-3-10-6-4-5-7-11(10)13(16)12-8-9-15(2)14-12/h4-9H,3H2,1-2H3. The van der Waals surface area contributed by atoms with Crippen LogP contribution in [-0.2, 0) is 13.5 Å². The van der Waals surface area contributed by atoms with E-state index in [0.717, 1.165) is 17.5 Å². The van der Waals surface area contributed by atoms with Crippen LogP contribution in [0.3, 0.4) is 0 Å². The summed E-state index contributed by atoms with van der Waals surface area (Å²) in [4.78, 5) is 12.2. The van der Waals surface area contributed by atoms with Gasteiger partial charge in [0.25, 0.3) is 0 Å². The monoisotopic (exact) mass is 214 g/mol. The molecule has 16 heavy (non-hydrogen) atoms. The predicted molar refractivity (Wildman–Crippen MR) is 62.5 cm³/mol. The molecule has 0 saturated carbocycles. The van der Waals surface area contributed by atoms with Gasteiger partial charge < -0.3 is 0 Å². The normalized spacial score (nSPS) is 10.4. The lowest BCUT2D eigenvalue weighted by Gasteiger charge is -2.04. The molecule has 3 nitrogen and oxygen atoms in total. The van der Waals surface area contributed by atoms with Crippen molar-refractivity contribution in [1.82, 2.24) is 9.78 Å². The maximum atomic E-state index is 12.2. The van der Waals surface area contributed by atoms with Gasteiger partial charge in [0.1, 0.15) is 5.69 Å². The number of carbonyl (C=O) groups excluding carboxylic acids is 1. The van der Waals surface area contributed by atoms with Gasteiger partial charge in [0.15, 0.2) is 0 Å². The average molecular weight is 214 g/mol. The number of hydrogen-bond donors (Lipinski definition) is 0. The van der Waals surface area contributed by atoms with E-state index in [1.165, 1.54) is 0 Å². The van der Waals surface area contributed by atoms with Crippen LogP contribution in [0.25, 0.3) is 0 Å². The molecule has 1 heterocycles. The third-order valence-electron chi connectivity index (χ3n) is 2.59. The molecule has 2 rings (SSSR count). The van der Waals surface area contributed by atoms with Crippen LogP contribution in [0.1, 0.15) is 28.5 Å². The Bertz CT molecular complexity index is 514. The van der Waals surface area contributed by atoms with Gasteiger partial charge in [-0.15, -0.1) is 0 Å². The van der Waals surface area contributed by atoms with Crippen LogP contribution < -0.4 is 0 Å². The molecule has 0 aliphatic heterocycles. The largest absolute Gasteiger partial charge is 0.287 e. The SMILES string of the molecule is CCc1ccccc1C(=O)c1ccn(C)n1. The zero-order chi connectivity index (χ0) is 11.5. The zero-order valence-electron chi connectivity index (χ0n) is 9.47. The van der Waals surface area contributed by atoms with E-state index in [2.05, 4.69) is 5.10 Å². The number of carbonyl (C=O) groups is 1. The van der Waals surface area contributed by atoms with Gasteiger partial charge in [-0.2, -0.15) is 5.10 Å². The minimum atomic E-state index is -0.00181. The molecule has 0 saturated heterocycles. The third kappa shape index (κ3) is 1.89. The first-order chi connectivity index (χ1) is 7.72. The van der Waals surface area contributed by atoms with Crippen LogP contribution in [-0.4, -0.2) is 15.6 Å². The first-order valence-corrected chi connectivity index (χ1v) is 5.34. The quantitative estimate of drug-likeness (QED) is 0.734. The molecular weight excluding hydrogens is 200 g/mol. The van der Waals surface area contributed by atoms with Crippen molar-refractivity contribution in [3.05, 3.63) is 53.3 Å². The Kier molecular flexibility index (Phi) is 2.86. The predicted octanol–water partition coefficient (Wildman–Crippen LogP) is 2.21. The minimum absolute atomic E-state index is 0.00181. The van der Waals surface area contributed by atoms with Crippen LogP contribution >= 0.6 is 0 Å². The second-order valence-electron chi connectivity index (χ2n) is 3.71. The van der Waals surface area contributed by atoms with E-state index in [4.69, 9.17) is 0 Å². The molecule has 0 aliphatic carbocycles. The molecule has 0 unspecified atom stereocenters. The van der Waals surface area contributed by atoms with E-state index in [-0.39, 0.29) is 5.78 Å². The first kappa shape index (κ1) is 10.6. The van der Waals surface area contributed by atoms with E-state index >= 15 is 0 Å². The van der Waals surface area contributed by atoms with Crippen molar-refractivity contribution >= 4 is 5.78 Å². The Hall–Kier alpha value is -1.90. The van der Waals surface area contributed by atoms with Crippen molar-refractivity contribution in [2.24, 2.45) is 7.05 Å². The Morgan fingerprint density at radius 2 is 2.06 bits per heavy atom. The number of rotatable bonds is 3. The van der Waals surface area contributed by atoms with Crippen molar-refractivity contribution in [3.8, 4) is 0 Å². The third-order valence-corrected chi connectivity index (χ3v) is 2.59. The molecule has 82 valence electrons. The summed E-state index contributed by atoms with van der Waals surface area (Å²) in [5.74, 6) is -0.00181. The molecule has 3 heteroatoms. The van der Waals surface area contributed by atoms with E-state index < -0.39 is 0 Å². The fourth-order valence-electron chi connectivity index (χ4n) is 1.72. The van der Waals surface area contributed by atoms with Gasteiger partial charge in [-0.3, -0.25) is 9.48 Å². The Morgan fingerprint density at radius 3 is 2.69 bits per heavy atom. The summed E-state index contributed by atoms with van der Waals surface area (Å²) in [7, 11) is 1.81. The van der Waals surface area contributed by atoms with Crippen LogP contribution in [0, 0.1) is 0 Å². The molecule has 1 aromatic heterocycles. The summed E-state index contributed by atoms with van der Waals surface area (Å²) in [6.45, 7) is 2.05. The molecule has 2 aromatic rings. The Morgan fingerprint density at radius 1 is 1.31 bits per heavy atom. The Labute approximate surface area is 94.7 Å². The molecule has 0 aliphatic rings. The van der Waals surface area contributed by atoms with E-state index in [9.17, 15) is 4.79 Å². The molecular formula is C13H14N2O. The van der Waals surface area contributed by atoms with E-state index in [1.807, 2.05) is 38.2 Å². The smallest absolute Gasteiger partial charge is 0.213 e. The van der Waals surface area contributed by atoms with Gasteiger partial charge in [-0.05, 0) is 18.1 Å². The van der Waals surface area contributed by atoms with E-state index in [1.54, 1.807) is 16.9 Å². The van der Waals surface area contributed by atoms with Crippen molar-refractivity contribution in [3.63, 3.8) is 0 Å². The number of ketones is 1. The van der Waals surface area contributed by atoms with Gasteiger partial charge >= 0.3 is 0 Å². The highest BCUT2D eigenvalue weighted by atomic mass is 16.1. The van der Waals surface area contributed by atoms with Crippen molar-refractivity contribution < 1.29 is 4.79 Å². The topological polar surface area (TPSA) is 34.9 Å². The van der Waals surface area contributed by atoms with Crippen LogP contribution in [0.5, 0.6) is 0 Å². The second-order valence-corrected chi connectivity index (χ2v) is 3.71. The van der Waals surface area contributed by atoms with Gasteiger partial charge in [-0.25, -0.2) is 0 Å². The highest BCUT2D eigenvalue weighted by Crippen LogP contribution is 2.13. The summed E-state index contributed by atoms with van der Waals surface area (Å²) >= 11 is 0. The van der Waals surface area contributed by atoms with Crippen molar-refractivity contribution in [2.45, 2.75) is 13.3 Å². The lowest BCUT2D eigenvalue weighted by Crippen LogP contribution is -2.06. The lowest BCUT2D eigenvalue weighted by atomic mass is 10.0. The van der Waals surface area contributed by atoms with Gasteiger partial charge in [0, 0.05) is 18.8 Å². The van der Waals surface area contributed by atoms with Gasteiger partial charge in [0.2, 0.25) is 5.78 Å². The molecule has 0 fully saturated rings. The maximum Gasteiger partial charge on any atom is 0.213 e. The molecule has 1 aromatic carbocycles. The number of benzene rings is 1. The summed E-state index contributed by atoms with van der Waals surface area (Å²) in [5, 5.41) is 4.13.